The quantitative estimate of drug-likeness (QED) is 0.316. The second kappa shape index (κ2) is 10.8. The van der Waals surface area contributed by atoms with Crippen LogP contribution in [0.15, 0.2) is 4.99 Å². The molecule has 2 N–H and O–H groups in total. The van der Waals surface area contributed by atoms with Crippen molar-refractivity contribution >= 4 is 29.9 Å². The maximum atomic E-state index is 5.01. The number of aliphatic imine (C=N–C) groups is 1. The predicted molar refractivity (Wildman–Crippen MR) is 86.9 cm³/mol. The summed E-state index contributed by atoms with van der Waals surface area (Å²) >= 11 is 0. The third kappa shape index (κ3) is 6.75. The van der Waals surface area contributed by atoms with Gasteiger partial charge >= 0.3 is 0 Å². The fourth-order valence-corrected chi connectivity index (χ4v) is 2.02. The first-order valence-corrected chi connectivity index (χ1v) is 6.49. The van der Waals surface area contributed by atoms with Crippen LogP contribution in [0.2, 0.25) is 0 Å². The minimum atomic E-state index is 0. The Bertz CT molecular complexity index is 238. The molecule has 5 nitrogen and oxygen atoms in total. The predicted octanol–water partition coefficient (Wildman–Crippen LogP) is 0.900. The smallest absolute Gasteiger partial charge is 0.191 e. The lowest BCUT2D eigenvalue weighted by atomic mass is 10.2. The van der Waals surface area contributed by atoms with E-state index in [1.807, 2.05) is 0 Å². The SMILES string of the molecule is CCNC(=NCC1CCCN1C)NCCOC.I. The van der Waals surface area contributed by atoms with Gasteiger partial charge in [0.25, 0.3) is 0 Å². The van der Waals surface area contributed by atoms with Gasteiger partial charge in [0.05, 0.1) is 13.2 Å². The summed E-state index contributed by atoms with van der Waals surface area (Å²) in [4.78, 5) is 7.01. The molecule has 18 heavy (non-hydrogen) atoms. The van der Waals surface area contributed by atoms with Gasteiger partial charge in [-0.15, -0.1) is 24.0 Å². The second-order valence-electron chi connectivity index (χ2n) is 4.42. The molecule has 1 heterocycles. The Kier molecular flexibility index (Phi) is 10.8. The third-order valence-electron chi connectivity index (χ3n) is 3.07. The van der Waals surface area contributed by atoms with Crippen LogP contribution in [-0.4, -0.2) is 63.8 Å². The van der Waals surface area contributed by atoms with Crippen molar-refractivity contribution in [2.24, 2.45) is 4.99 Å². The molecule has 0 aliphatic carbocycles. The van der Waals surface area contributed by atoms with Crippen molar-refractivity contribution in [1.29, 1.82) is 0 Å². The summed E-state index contributed by atoms with van der Waals surface area (Å²) in [7, 11) is 3.89. The van der Waals surface area contributed by atoms with Crippen molar-refractivity contribution in [3.8, 4) is 0 Å². The fourth-order valence-electron chi connectivity index (χ4n) is 2.02. The van der Waals surface area contributed by atoms with Crippen molar-refractivity contribution in [2.45, 2.75) is 25.8 Å². The summed E-state index contributed by atoms with van der Waals surface area (Å²) in [6.07, 6.45) is 2.56. The minimum absolute atomic E-state index is 0. The van der Waals surface area contributed by atoms with Gasteiger partial charge in [0.15, 0.2) is 5.96 Å². The standard InChI is InChI=1S/C12H26N4O.HI/c1-4-13-12(14-7-9-17-3)15-10-11-6-5-8-16(11)2;/h11H,4-10H2,1-3H3,(H2,13,14,15);1H. The summed E-state index contributed by atoms with van der Waals surface area (Å²) in [6, 6.07) is 0.605. The summed E-state index contributed by atoms with van der Waals surface area (Å²) in [5.41, 5.74) is 0. The van der Waals surface area contributed by atoms with E-state index in [1.54, 1.807) is 7.11 Å². The van der Waals surface area contributed by atoms with Crippen LogP contribution in [0.3, 0.4) is 0 Å². The van der Waals surface area contributed by atoms with Crippen molar-refractivity contribution in [3.05, 3.63) is 0 Å². The van der Waals surface area contributed by atoms with Crippen molar-refractivity contribution in [1.82, 2.24) is 15.5 Å². The zero-order valence-electron chi connectivity index (χ0n) is 11.7. The van der Waals surface area contributed by atoms with E-state index in [9.17, 15) is 0 Å². The summed E-state index contributed by atoms with van der Waals surface area (Å²) < 4.78 is 5.01. The summed E-state index contributed by atoms with van der Waals surface area (Å²) in [5.74, 6) is 0.893. The summed E-state index contributed by atoms with van der Waals surface area (Å²) in [5, 5.41) is 6.50. The van der Waals surface area contributed by atoms with Gasteiger partial charge in [-0.3, -0.25) is 4.99 Å². The highest BCUT2D eigenvalue weighted by molar-refractivity contribution is 14.0. The van der Waals surface area contributed by atoms with Gasteiger partial charge in [-0.05, 0) is 33.4 Å². The Hall–Kier alpha value is -0.0800. The van der Waals surface area contributed by atoms with Gasteiger partial charge in [0.1, 0.15) is 0 Å². The highest BCUT2D eigenvalue weighted by Gasteiger charge is 2.20. The lowest BCUT2D eigenvalue weighted by Gasteiger charge is -2.18. The molecule has 0 saturated carbocycles. The molecule has 0 amide bonds. The maximum absolute atomic E-state index is 5.01. The monoisotopic (exact) mass is 370 g/mol. The topological polar surface area (TPSA) is 48.9 Å². The molecule has 0 radical (unpaired) electrons. The molecule has 0 bridgehead atoms. The first-order chi connectivity index (χ1) is 8.27. The molecule has 0 aromatic carbocycles. The molecule has 1 aliphatic rings. The number of hydrogen-bond acceptors (Lipinski definition) is 3. The van der Waals surface area contributed by atoms with E-state index in [0.717, 1.165) is 25.6 Å². The Morgan fingerprint density at radius 2 is 2.22 bits per heavy atom. The number of nitrogens with zero attached hydrogens (tertiary/aromatic N) is 2. The number of methoxy groups -OCH3 is 1. The van der Waals surface area contributed by atoms with Crippen LogP contribution < -0.4 is 10.6 Å². The van der Waals surface area contributed by atoms with Gasteiger partial charge in [-0.1, -0.05) is 0 Å². The molecule has 1 unspecified atom stereocenters. The maximum Gasteiger partial charge on any atom is 0.191 e. The molecule has 1 fully saturated rings. The number of halogens is 1. The molecule has 1 saturated heterocycles. The first kappa shape index (κ1) is 17.9. The van der Waals surface area contributed by atoms with Gasteiger partial charge in [0.2, 0.25) is 0 Å². The molecule has 6 heteroatoms. The zero-order chi connectivity index (χ0) is 12.5. The number of guanidine groups is 1. The summed E-state index contributed by atoms with van der Waals surface area (Å²) in [6.45, 7) is 6.54. The minimum Gasteiger partial charge on any atom is -0.383 e. The molecule has 0 aromatic heterocycles. The van der Waals surface area contributed by atoms with E-state index in [2.05, 4.69) is 34.5 Å². The Labute approximate surface area is 128 Å². The second-order valence-corrected chi connectivity index (χ2v) is 4.42. The van der Waals surface area contributed by atoms with Crippen molar-refractivity contribution < 1.29 is 4.74 Å². The van der Waals surface area contributed by atoms with Crippen LogP contribution in [0.4, 0.5) is 0 Å². The molecule has 0 spiro atoms. The largest absolute Gasteiger partial charge is 0.383 e. The average Bonchev–Trinajstić information content (AvgIpc) is 2.72. The van der Waals surface area contributed by atoms with Crippen LogP contribution in [-0.2, 0) is 4.74 Å². The molecule has 1 atom stereocenters. The molecule has 0 aromatic rings. The van der Waals surface area contributed by atoms with E-state index in [1.165, 1.54) is 19.4 Å². The zero-order valence-corrected chi connectivity index (χ0v) is 14.1. The van der Waals surface area contributed by atoms with Gasteiger partial charge in [-0.2, -0.15) is 0 Å². The Morgan fingerprint density at radius 1 is 1.44 bits per heavy atom. The van der Waals surface area contributed by atoms with E-state index < -0.39 is 0 Å². The number of ether oxygens (including phenoxy) is 1. The van der Waals surface area contributed by atoms with E-state index >= 15 is 0 Å². The molecule has 108 valence electrons. The fraction of sp³-hybridized carbons (Fsp3) is 0.917. The van der Waals surface area contributed by atoms with Gasteiger partial charge in [0, 0.05) is 26.2 Å². The lowest BCUT2D eigenvalue weighted by molar-refractivity contribution is 0.203. The third-order valence-corrected chi connectivity index (χ3v) is 3.07. The van der Waals surface area contributed by atoms with E-state index in [4.69, 9.17) is 4.74 Å². The highest BCUT2D eigenvalue weighted by atomic mass is 127. The Morgan fingerprint density at radius 3 is 2.78 bits per heavy atom. The number of likely N-dealkylation sites (tertiary alicyclic amines) is 1. The van der Waals surface area contributed by atoms with Gasteiger partial charge < -0.3 is 20.3 Å². The number of rotatable bonds is 6. The molecular weight excluding hydrogens is 343 g/mol. The highest BCUT2D eigenvalue weighted by Crippen LogP contribution is 2.14. The van der Waals surface area contributed by atoms with Crippen LogP contribution in [0, 0.1) is 0 Å². The number of hydrogen-bond donors (Lipinski definition) is 2. The van der Waals surface area contributed by atoms with Crippen LogP contribution >= 0.6 is 24.0 Å². The molecular formula is C12H27IN4O. The van der Waals surface area contributed by atoms with Crippen LogP contribution in [0.5, 0.6) is 0 Å². The number of nitrogens with one attached hydrogen (secondary N) is 2. The van der Waals surface area contributed by atoms with Crippen LogP contribution in [0.25, 0.3) is 0 Å². The Balaban J connectivity index is 0.00000289. The van der Waals surface area contributed by atoms with Crippen molar-refractivity contribution in [2.75, 3.05) is 46.9 Å². The molecule has 1 rings (SSSR count). The van der Waals surface area contributed by atoms with Crippen molar-refractivity contribution in [3.63, 3.8) is 0 Å². The number of likely N-dealkylation sites (N-methyl/N-ethyl adjacent to an activating group) is 1. The first-order valence-electron chi connectivity index (χ1n) is 6.49. The normalized spacial score (nSPS) is 20.6. The van der Waals surface area contributed by atoms with E-state index in [0.29, 0.717) is 12.6 Å². The van der Waals surface area contributed by atoms with Crippen LogP contribution in [0.1, 0.15) is 19.8 Å². The van der Waals surface area contributed by atoms with Gasteiger partial charge in [-0.25, -0.2) is 0 Å². The average molecular weight is 370 g/mol. The lowest BCUT2D eigenvalue weighted by Crippen LogP contribution is -2.40. The molecule has 1 aliphatic heterocycles. The van der Waals surface area contributed by atoms with E-state index in [-0.39, 0.29) is 24.0 Å².